The Kier molecular flexibility index (Phi) is 4.32. The van der Waals surface area contributed by atoms with E-state index < -0.39 is 0 Å². The summed E-state index contributed by atoms with van der Waals surface area (Å²) in [5.74, 6) is -0.320. The molecule has 0 aliphatic carbocycles. The summed E-state index contributed by atoms with van der Waals surface area (Å²) in [5, 5.41) is 17.8. The minimum atomic E-state index is -0.320. The number of nitrogens with zero attached hydrogens (tertiary/aromatic N) is 3. The van der Waals surface area contributed by atoms with E-state index >= 15 is 0 Å². The first kappa shape index (κ1) is 15.1. The van der Waals surface area contributed by atoms with Crippen molar-refractivity contribution in [3.05, 3.63) is 52.1 Å². The molecule has 2 heterocycles. The van der Waals surface area contributed by atoms with Crippen LogP contribution in [0.5, 0.6) is 0 Å². The molecule has 0 unspecified atom stereocenters. The van der Waals surface area contributed by atoms with Crippen LogP contribution in [0.2, 0.25) is 0 Å². The van der Waals surface area contributed by atoms with Crippen molar-refractivity contribution < 1.29 is 4.79 Å². The maximum absolute atomic E-state index is 12.3. The van der Waals surface area contributed by atoms with E-state index in [-0.39, 0.29) is 5.91 Å². The first-order chi connectivity index (χ1) is 11.2. The van der Waals surface area contributed by atoms with Gasteiger partial charge in [-0.3, -0.25) is 10.1 Å². The molecule has 8 heteroatoms. The first-order valence-electron chi connectivity index (χ1n) is 6.60. The van der Waals surface area contributed by atoms with Crippen molar-refractivity contribution >= 4 is 44.4 Å². The minimum absolute atomic E-state index is 0.296. The SMILES string of the molecule is Cc1csc(NC(=O)c2ncsc2Nc2cccc(C#N)c2)n1. The van der Waals surface area contributed by atoms with Crippen LogP contribution in [0.15, 0.2) is 35.2 Å². The van der Waals surface area contributed by atoms with Crippen LogP contribution in [-0.4, -0.2) is 15.9 Å². The highest BCUT2D eigenvalue weighted by molar-refractivity contribution is 7.14. The molecule has 0 fully saturated rings. The fourth-order valence-corrected chi connectivity index (χ4v) is 3.24. The highest BCUT2D eigenvalue weighted by Gasteiger charge is 2.16. The van der Waals surface area contributed by atoms with Crippen molar-refractivity contribution in [2.24, 2.45) is 0 Å². The summed E-state index contributed by atoms with van der Waals surface area (Å²) in [5.41, 5.74) is 4.02. The molecular formula is C15H11N5OS2. The smallest absolute Gasteiger partial charge is 0.279 e. The van der Waals surface area contributed by atoms with Crippen molar-refractivity contribution in [1.29, 1.82) is 5.26 Å². The van der Waals surface area contributed by atoms with Gasteiger partial charge in [-0.1, -0.05) is 6.07 Å². The summed E-state index contributed by atoms with van der Waals surface area (Å²) in [7, 11) is 0. The monoisotopic (exact) mass is 341 g/mol. The summed E-state index contributed by atoms with van der Waals surface area (Å²) in [6, 6.07) is 9.12. The topological polar surface area (TPSA) is 90.7 Å². The van der Waals surface area contributed by atoms with E-state index in [0.29, 0.717) is 21.4 Å². The molecule has 0 spiro atoms. The first-order valence-corrected chi connectivity index (χ1v) is 8.36. The highest BCUT2D eigenvalue weighted by atomic mass is 32.1. The molecule has 3 rings (SSSR count). The molecule has 2 aromatic heterocycles. The van der Waals surface area contributed by atoms with Crippen molar-refractivity contribution in [1.82, 2.24) is 9.97 Å². The van der Waals surface area contributed by atoms with E-state index in [4.69, 9.17) is 5.26 Å². The molecule has 0 saturated heterocycles. The molecule has 0 aliphatic rings. The number of anilines is 3. The van der Waals surface area contributed by atoms with Gasteiger partial charge in [0.25, 0.3) is 5.91 Å². The number of carbonyl (C=O) groups is 1. The number of thiazole rings is 2. The third kappa shape index (κ3) is 3.53. The predicted molar refractivity (Wildman–Crippen MR) is 91.4 cm³/mol. The summed E-state index contributed by atoms with van der Waals surface area (Å²) < 4.78 is 0. The zero-order valence-corrected chi connectivity index (χ0v) is 13.7. The maximum Gasteiger partial charge on any atom is 0.279 e. The summed E-state index contributed by atoms with van der Waals surface area (Å²) in [6.45, 7) is 1.87. The Morgan fingerprint density at radius 3 is 2.96 bits per heavy atom. The largest absolute Gasteiger partial charge is 0.345 e. The molecule has 2 N–H and O–H groups in total. The summed E-state index contributed by atoms with van der Waals surface area (Å²) in [6.07, 6.45) is 0. The van der Waals surface area contributed by atoms with Crippen LogP contribution in [0.4, 0.5) is 15.8 Å². The Morgan fingerprint density at radius 1 is 1.35 bits per heavy atom. The molecule has 1 aromatic carbocycles. The number of aromatic nitrogens is 2. The maximum atomic E-state index is 12.3. The van der Waals surface area contributed by atoms with Gasteiger partial charge in [-0.15, -0.1) is 22.7 Å². The molecule has 0 atom stereocenters. The van der Waals surface area contributed by atoms with Crippen LogP contribution in [-0.2, 0) is 0 Å². The zero-order chi connectivity index (χ0) is 16.2. The lowest BCUT2D eigenvalue weighted by Crippen LogP contribution is -2.13. The van der Waals surface area contributed by atoms with Gasteiger partial charge in [0.15, 0.2) is 10.8 Å². The Bertz CT molecular complexity index is 893. The molecule has 3 aromatic rings. The van der Waals surface area contributed by atoms with E-state index in [1.165, 1.54) is 22.7 Å². The van der Waals surface area contributed by atoms with E-state index in [9.17, 15) is 4.79 Å². The third-order valence-electron chi connectivity index (χ3n) is 2.87. The van der Waals surface area contributed by atoms with Gasteiger partial charge in [-0.05, 0) is 25.1 Å². The second kappa shape index (κ2) is 6.56. The van der Waals surface area contributed by atoms with Gasteiger partial charge in [0.05, 0.1) is 22.8 Å². The van der Waals surface area contributed by atoms with Crippen LogP contribution in [0.1, 0.15) is 21.7 Å². The Balaban J connectivity index is 1.79. The van der Waals surface area contributed by atoms with Crippen molar-refractivity contribution in [3.63, 3.8) is 0 Å². The van der Waals surface area contributed by atoms with E-state index in [1.54, 1.807) is 23.7 Å². The van der Waals surface area contributed by atoms with Crippen molar-refractivity contribution in [3.8, 4) is 6.07 Å². The summed E-state index contributed by atoms with van der Waals surface area (Å²) >= 11 is 2.68. The Morgan fingerprint density at radius 2 is 2.22 bits per heavy atom. The van der Waals surface area contributed by atoms with Crippen molar-refractivity contribution in [2.75, 3.05) is 10.6 Å². The predicted octanol–water partition coefficient (Wildman–Crippen LogP) is 3.78. The molecule has 114 valence electrons. The van der Waals surface area contributed by atoms with Crippen LogP contribution >= 0.6 is 22.7 Å². The van der Waals surface area contributed by atoms with E-state index in [1.807, 2.05) is 18.4 Å². The number of carbonyl (C=O) groups excluding carboxylic acids is 1. The number of aryl methyl sites for hydroxylation is 1. The van der Waals surface area contributed by atoms with E-state index in [2.05, 4.69) is 26.7 Å². The van der Waals surface area contributed by atoms with Gasteiger partial charge in [0.2, 0.25) is 0 Å². The molecule has 6 nitrogen and oxygen atoms in total. The standard InChI is InChI=1S/C15H11N5OS2/c1-9-7-22-15(18-9)20-13(21)12-14(23-8-17-12)19-11-4-2-3-10(5-11)6-16/h2-5,7-8,19H,1H3,(H,18,20,21). The van der Waals surface area contributed by atoms with Crippen LogP contribution in [0, 0.1) is 18.3 Å². The zero-order valence-electron chi connectivity index (χ0n) is 12.0. The third-order valence-corrected chi connectivity index (χ3v) is 4.49. The number of amides is 1. The van der Waals surface area contributed by atoms with Gasteiger partial charge in [-0.2, -0.15) is 5.26 Å². The number of hydrogen-bond donors (Lipinski definition) is 2. The normalized spacial score (nSPS) is 10.1. The highest BCUT2D eigenvalue weighted by Crippen LogP contribution is 2.26. The minimum Gasteiger partial charge on any atom is -0.345 e. The molecule has 0 saturated carbocycles. The second-order valence-electron chi connectivity index (χ2n) is 4.60. The number of hydrogen-bond acceptors (Lipinski definition) is 7. The lowest BCUT2D eigenvalue weighted by Gasteiger charge is -2.06. The lowest BCUT2D eigenvalue weighted by atomic mass is 10.2. The van der Waals surface area contributed by atoms with Crippen LogP contribution in [0.25, 0.3) is 0 Å². The van der Waals surface area contributed by atoms with Crippen LogP contribution < -0.4 is 10.6 Å². The summed E-state index contributed by atoms with van der Waals surface area (Å²) in [4.78, 5) is 20.6. The van der Waals surface area contributed by atoms with Gasteiger partial charge in [-0.25, -0.2) is 9.97 Å². The number of nitriles is 1. The molecule has 0 bridgehead atoms. The van der Waals surface area contributed by atoms with Crippen molar-refractivity contribution in [2.45, 2.75) is 6.92 Å². The Hall–Kier alpha value is -2.76. The Labute approximate surface area is 140 Å². The molecule has 0 aliphatic heterocycles. The molecule has 1 amide bonds. The average Bonchev–Trinajstić information content (AvgIpc) is 3.16. The van der Waals surface area contributed by atoms with Gasteiger partial charge >= 0.3 is 0 Å². The van der Waals surface area contributed by atoms with Gasteiger partial charge in [0, 0.05) is 11.1 Å². The fraction of sp³-hybridized carbons (Fsp3) is 0.0667. The number of benzene rings is 1. The quantitative estimate of drug-likeness (QED) is 0.753. The lowest BCUT2D eigenvalue weighted by molar-refractivity contribution is 0.102. The van der Waals surface area contributed by atoms with E-state index in [0.717, 1.165) is 11.4 Å². The van der Waals surface area contributed by atoms with Crippen LogP contribution in [0.3, 0.4) is 0 Å². The average molecular weight is 341 g/mol. The number of nitrogens with one attached hydrogen (secondary N) is 2. The fourth-order valence-electron chi connectivity index (χ4n) is 1.86. The molecule has 23 heavy (non-hydrogen) atoms. The van der Waals surface area contributed by atoms with Gasteiger partial charge < -0.3 is 5.32 Å². The van der Waals surface area contributed by atoms with Gasteiger partial charge in [0.1, 0.15) is 5.00 Å². The molecule has 0 radical (unpaired) electrons. The number of rotatable bonds is 4. The molecular weight excluding hydrogens is 330 g/mol. The second-order valence-corrected chi connectivity index (χ2v) is 6.31.